The van der Waals surface area contributed by atoms with Gasteiger partial charge in [0.1, 0.15) is 0 Å². The van der Waals surface area contributed by atoms with E-state index in [1.807, 2.05) is 12.1 Å². The predicted molar refractivity (Wildman–Crippen MR) is 93.3 cm³/mol. The van der Waals surface area contributed by atoms with Crippen molar-refractivity contribution in [2.24, 2.45) is 0 Å². The summed E-state index contributed by atoms with van der Waals surface area (Å²) in [5.74, 6) is 0. The molecule has 0 radical (unpaired) electrons. The van der Waals surface area contributed by atoms with Crippen LogP contribution in [0.1, 0.15) is 11.1 Å². The van der Waals surface area contributed by atoms with Crippen LogP contribution >= 0.6 is 11.6 Å². The van der Waals surface area contributed by atoms with E-state index < -0.39 is 0 Å². The molecule has 3 heteroatoms. The van der Waals surface area contributed by atoms with E-state index in [2.05, 4.69) is 52.3 Å². The number of nitrogens with zero attached hydrogens (tertiary/aromatic N) is 2. The molecule has 0 aliphatic carbocycles. The van der Waals surface area contributed by atoms with Gasteiger partial charge >= 0.3 is 0 Å². The van der Waals surface area contributed by atoms with Crippen molar-refractivity contribution in [3.8, 4) is 0 Å². The van der Waals surface area contributed by atoms with Crippen LogP contribution in [0.2, 0.25) is 5.02 Å². The lowest BCUT2D eigenvalue weighted by Crippen LogP contribution is -2.46. The molecule has 0 saturated carbocycles. The third-order valence-electron chi connectivity index (χ3n) is 4.34. The van der Waals surface area contributed by atoms with Crippen LogP contribution in [0.25, 0.3) is 0 Å². The van der Waals surface area contributed by atoms with Gasteiger partial charge in [0.15, 0.2) is 0 Å². The molecule has 22 heavy (non-hydrogen) atoms. The van der Waals surface area contributed by atoms with Gasteiger partial charge in [0.2, 0.25) is 0 Å². The first-order valence-corrected chi connectivity index (χ1v) is 8.40. The fourth-order valence-corrected chi connectivity index (χ4v) is 3.08. The minimum absolute atomic E-state index is 0.814. The summed E-state index contributed by atoms with van der Waals surface area (Å²) < 4.78 is 0. The highest BCUT2D eigenvalue weighted by atomic mass is 35.5. The summed E-state index contributed by atoms with van der Waals surface area (Å²) in [6.45, 7) is 6.83. The second-order valence-electron chi connectivity index (χ2n) is 5.98. The Labute approximate surface area is 138 Å². The normalized spacial score (nSPS) is 16.8. The third kappa shape index (κ3) is 4.57. The number of rotatable bonds is 5. The molecular formula is C19H23ClN2. The van der Waals surface area contributed by atoms with Crippen LogP contribution in [0, 0.1) is 0 Å². The first-order valence-electron chi connectivity index (χ1n) is 8.03. The molecule has 0 aromatic heterocycles. The number of hydrogen-bond acceptors (Lipinski definition) is 2. The van der Waals surface area contributed by atoms with Crippen molar-refractivity contribution in [3.63, 3.8) is 0 Å². The lowest BCUT2D eigenvalue weighted by atomic mass is 10.1. The van der Waals surface area contributed by atoms with E-state index in [0.29, 0.717) is 0 Å². The maximum absolute atomic E-state index is 5.94. The number of benzene rings is 2. The first-order chi connectivity index (χ1) is 10.8. The number of piperazine rings is 1. The zero-order valence-corrected chi connectivity index (χ0v) is 13.7. The van der Waals surface area contributed by atoms with Crippen LogP contribution < -0.4 is 0 Å². The Bertz CT molecular complexity index is 560. The molecule has 0 unspecified atom stereocenters. The van der Waals surface area contributed by atoms with Gasteiger partial charge in [-0.15, -0.1) is 0 Å². The van der Waals surface area contributed by atoms with Crippen molar-refractivity contribution in [1.29, 1.82) is 0 Å². The van der Waals surface area contributed by atoms with Crippen LogP contribution in [-0.2, 0) is 13.0 Å². The average Bonchev–Trinajstić information content (AvgIpc) is 2.57. The van der Waals surface area contributed by atoms with Gasteiger partial charge < -0.3 is 4.90 Å². The monoisotopic (exact) mass is 314 g/mol. The van der Waals surface area contributed by atoms with E-state index >= 15 is 0 Å². The Morgan fingerprint density at radius 2 is 1.36 bits per heavy atom. The van der Waals surface area contributed by atoms with E-state index in [4.69, 9.17) is 11.6 Å². The van der Waals surface area contributed by atoms with E-state index in [-0.39, 0.29) is 0 Å². The summed E-state index contributed by atoms with van der Waals surface area (Å²) in [6, 6.07) is 19.0. The van der Waals surface area contributed by atoms with Crippen molar-refractivity contribution in [2.75, 3.05) is 32.7 Å². The quantitative estimate of drug-likeness (QED) is 0.830. The van der Waals surface area contributed by atoms with Crippen LogP contribution in [0.4, 0.5) is 0 Å². The van der Waals surface area contributed by atoms with Gasteiger partial charge in [-0.1, -0.05) is 54.1 Å². The standard InChI is InChI=1S/C19H23ClN2/c20-19-8-6-18(7-9-19)16-22-14-12-21(13-15-22)11-10-17-4-2-1-3-5-17/h1-9H,10-16H2. The molecule has 0 atom stereocenters. The first kappa shape index (κ1) is 15.5. The SMILES string of the molecule is Clc1ccc(CN2CCN(CCc3ccccc3)CC2)cc1. The Morgan fingerprint density at radius 3 is 2.05 bits per heavy atom. The molecule has 1 aliphatic rings. The molecule has 0 amide bonds. The summed E-state index contributed by atoms with van der Waals surface area (Å²) in [4.78, 5) is 5.10. The molecule has 0 bridgehead atoms. The molecular weight excluding hydrogens is 292 g/mol. The summed E-state index contributed by atoms with van der Waals surface area (Å²) in [5, 5.41) is 0.814. The minimum Gasteiger partial charge on any atom is -0.300 e. The highest BCUT2D eigenvalue weighted by molar-refractivity contribution is 6.30. The summed E-state index contributed by atoms with van der Waals surface area (Å²) in [6.07, 6.45) is 1.15. The van der Waals surface area contributed by atoms with Gasteiger partial charge in [-0.3, -0.25) is 4.90 Å². The molecule has 1 heterocycles. The smallest absolute Gasteiger partial charge is 0.0406 e. The highest BCUT2D eigenvalue weighted by Crippen LogP contribution is 2.13. The fourth-order valence-electron chi connectivity index (χ4n) is 2.95. The van der Waals surface area contributed by atoms with Crippen molar-refractivity contribution in [1.82, 2.24) is 9.80 Å². The molecule has 2 aromatic carbocycles. The molecule has 0 spiro atoms. The number of halogens is 1. The van der Waals surface area contributed by atoms with Crippen LogP contribution in [-0.4, -0.2) is 42.5 Å². The summed E-state index contributed by atoms with van der Waals surface area (Å²) >= 11 is 5.94. The lowest BCUT2D eigenvalue weighted by Gasteiger charge is -2.34. The zero-order chi connectivity index (χ0) is 15.2. The maximum atomic E-state index is 5.94. The molecule has 1 aliphatic heterocycles. The lowest BCUT2D eigenvalue weighted by molar-refractivity contribution is 0.128. The topological polar surface area (TPSA) is 6.48 Å². The molecule has 2 aromatic rings. The summed E-state index contributed by atoms with van der Waals surface area (Å²) in [7, 11) is 0. The second-order valence-corrected chi connectivity index (χ2v) is 6.42. The largest absolute Gasteiger partial charge is 0.300 e. The Kier molecular flexibility index (Phi) is 5.49. The highest BCUT2D eigenvalue weighted by Gasteiger charge is 2.16. The average molecular weight is 315 g/mol. The number of hydrogen-bond donors (Lipinski definition) is 0. The molecule has 0 N–H and O–H groups in total. The zero-order valence-electron chi connectivity index (χ0n) is 12.9. The van der Waals surface area contributed by atoms with Crippen molar-refractivity contribution in [2.45, 2.75) is 13.0 Å². The Morgan fingerprint density at radius 1 is 0.727 bits per heavy atom. The van der Waals surface area contributed by atoms with Crippen molar-refractivity contribution < 1.29 is 0 Å². The van der Waals surface area contributed by atoms with Gasteiger partial charge in [-0.2, -0.15) is 0 Å². The van der Waals surface area contributed by atoms with Crippen LogP contribution in [0.15, 0.2) is 54.6 Å². The second kappa shape index (κ2) is 7.77. The van der Waals surface area contributed by atoms with Crippen molar-refractivity contribution >= 4 is 11.6 Å². The maximum Gasteiger partial charge on any atom is 0.0406 e. The molecule has 1 fully saturated rings. The molecule has 2 nitrogen and oxygen atoms in total. The van der Waals surface area contributed by atoms with Crippen LogP contribution in [0.5, 0.6) is 0 Å². The van der Waals surface area contributed by atoms with E-state index in [9.17, 15) is 0 Å². The Balaban J connectivity index is 1.41. The van der Waals surface area contributed by atoms with E-state index in [0.717, 1.165) is 31.1 Å². The van der Waals surface area contributed by atoms with Gasteiger partial charge in [0.25, 0.3) is 0 Å². The third-order valence-corrected chi connectivity index (χ3v) is 4.60. The van der Waals surface area contributed by atoms with E-state index in [1.165, 1.54) is 30.8 Å². The van der Waals surface area contributed by atoms with Gasteiger partial charge in [-0.25, -0.2) is 0 Å². The predicted octanol–water partition coefficient (Wildman–Crippen LogP) is 3.70. The molecule has 3 rings (SSSR count). The van der Waals surface area contributed by atoms with Gasteiger partial charge in [0, 0.05) is 44.3 Å². The Hall–Kier alpha value is -1.35. The molecule has 1 saturated heterocycles. The van der Waals surface area contributed by atoms with Gasteiger partial charge in [0.05, 0.1) is 0 Å². The minimum atomic E-state index is 0.814. The molecule has 116 valence electrons. The summed E-state index contributed by atoms with van der Waals surface area (Å²) in [5.41, 5.74) is 2.79. The van der Waals surface area contributed by atoms with E-state index in [1.54, 1.807) is 0 Å². The fraction of sp³-hybridized carbons (Fsp3) is 0.368. The van der Waals surface area contributed by atoms with Crippen LogP contribution in [0.3, 0.4) is 0 Å². The van der Waals surface area contributed by atoms with Crippen molar-refractivity contribution in [3.05, 3.63) is 70.7 Å². The van der Waals surface area contributed by atoms with Gasteiger partial charge in [-0.05, 0) is 29.7 Å².